The molecule has 1 unspecified atom stereocenters. The first-order valence-corrected chi connectivity index (χ1v) is 12.9. The highest BCUT2D eigenvalue weighted by molar-refractivity contribution is 8.01. The molecule has 2 aliphatic heterocycles. The van der Waals surface area contributed by atoms with Crippen LogP contribution < -0.4 is 15.4 Å². The van der Waals surface area contributed by atoms with Gasteiger partial charge in [-0.15, -0.1) is 0 Å². The summed E-state index contributed by atoms with van der Waals surface area (Å²) in [4.78, 5) is 46.0. The van der Waals surface area contributed by atoms with Crippen molar-refractivity contribution in [3.63, 3.8) is 0 Å². The van der Waals surface area contributed by atoms with Crippen molar-refractivity contribution in [3.05, 3.63) is 29.5 Å². The lowest BCUT2D eigenvalue weighted by Gasteiger charge is -2.34. The van der Waals surface area contributed by atoms with Gasteiger partial charge in [0.15, 0.2) is 5.13 Å². The van der Waals surface area contributed by atoms with Crippen LogP contribution in [0, 0.1) is 6.92 Å². The Morgan fingerprint density at radius 2 is 1.94 bits per heavy atom. The van der Waals surface area contributed by atoms with Gasteiger partial charge in [0.1, 0.15) is 5.75 Å². The van der Waals surface area contributed by atoms with Crippen LogP contribution in [-0.2, 0) is 9.59 Å². The number of nitrogens with one attached hydrogen (secondary N) is 2. The highest BCUT2D eigenvalue weighted by atomic mass is 32.2. The van der Waals surface area contributed by atoms with E-state index in [4.69, 9.17) is 4.74 Å². The van der Waals surface area contributed by atoms with Crippen LogP contribution in [0.25, 0.3) is 0 Å². The van der Waals surface area contributed by atoms with Crippen LogP contribution in [0.3, 0.4) is 0 Å². The summed E-state index contributed by atoms with van der Waals surface area (Å²) in [7, 11) is 1.56. The van der Waals surface area contributed by atoms with E-state index in [9.17, 15) is 14.4 Å². The molecule has 2 N–H and O–H groups in total. The van der Waals surface area contributed by atoms with Crippen molar-refractivity contribution in [2.75, 3.05) is 45.2 Å². The Hall–Kier alpha value is -2.63. The van der Waals surface area contributed by atoms with E-state index in [1.165, 1.54) is 23.1 Å². The van der Waals surface area contributed by atoms with Crippen molar-refractivity contribution in [1.82, 2.24) is 20.1 Å². The monoisotopic (exact) mass is 503 g/mol. The van der Waals surface area contributed by atoms with Gasteiger partial charge in [0.25, 0.3) is 5.91 Å². The first kappa shape index (κ1) is 24.5. The second-order valence-electron chi connectivity index (χ2n) is 8.34. The predicted molar refractivity (Wildman–Crippen MR) is 132 cm³/mol. The highest BCUT2D eigenvalue weighted by Crippen LogP contribution is 2.38. The summed E-state index contributed by atoms with van der Waals surface area (Å²) in [5.41, 5.74) is 1.48. The molecule has 1 aromatic heterocycles. The topological polar surface area (TPSA) is 104 Å². The second kappa shape index (κ2) is 10.7. The van der Waals surface area contributed by atoms with Crippen LogP contribution in [-0.4, -0.2) is 78.4 Å². The maximum absolute atomic E-state index is 13.3. The Bertz CT molecular complexity index is 1080. The number of methoxy groups -OCH3 is 1. The molecule has 3 heterocycles. The van der Waals surface area contributed by atoms with E-state index in [0.717, 1.165) is 34.1 Å². The summed E-state index contributed by atoms with van der Waals surface area (Å²) >= 11 is 2.91. The fourth-order valence-electron chi connectivity index (χ4n) is 4.08. The fourth-order valence-corrected chi connectivity index (χ4v) is 6.02. The molecular weight excluding hydrogens is 474 g/mol. The normalized spacial score (nSPS) is 18.1. The largest absolute Gasteiger partial charge is 0.496 e. The minimum absolute atomic E-state index is 0.0262. The minimum atomic E-state index is -0.158. The van der Waals surface area contributed by atoms with E-state index in [1.807, 2.05) is 19.1 Å². The third-order valence-electron chi connectivity index (χ3n) is 6.04. The van der Waals surface area contributed by atoms with Crippen molar-refractivity contribution < 1.29 is 19.1 Å². The number of thiazole rings is 1. The van der Waals surface area contributed by atoms with Crippen molar-refractivity contribution in [1.29, 1.82) is 0 Å². The number of amides is 3. The Balaban J connectivity index is 1.47. The molecule has 3 amide bonds. The van der Waals surface area contributed by atoms with Crippen LogP contribution in [0.5, 0.6) is 5.75 Å². The zero-order valence-corrected chi connectivity index (χ0v) is 21.2. The minimum Gasteiger partial charge on any atom is -0.496 e. The van der Waals surface area contributed by atoms with E-state index in [0.29, 0.717) is 42.6 Å². The standard InChI is InChI=1S/C23H29N5O4S2/c1-14-11-18(32-3)16(22(31)28-9-7-27(8-10-28)15(2)29)12-19(14)33-20-13-25-23(34-20)26-21(30)17-5-4-6-24-17/h11-13,17,24H,4-10H2,1-3H3,(H,25,26,30). The van der Waals surface area contributed by atoms with E-state index in [-0.39, 0.29) is 23.8 Å². The first-order valence-electron chi connectivity index (χ1n) is 11.3. The lowest BCUT2D eigenvalue weighted by Crippen LogP contribution is -2.50. The van der Waals surface area contributed by atoms with Gasteiger partial charge in [-0.05, 0) is 44.0 Å². The second-order valence-corrected chi connectivity index (χ2v) is 10.7. The lowest BCUT2D eigenvalue weighted by molar-refractivity contribution is -0.130. The first-order chi connectivity index (χ1) is 16.4. The molecule has 0 bridgehead atoms. The van der Waals surface area contributed by atoms with Gasteiger partial charge in [-0.3, -0.25) is 14.4 Å². The fraction of sp³-hybridized carbons (Fsp3) is 0.478. The van der Waals surface area contributed by atoms with Crippen molar-refractivity contribution in [2.24, 2.45) is 0 Å². The van der Waals surface area contributed by atoms with Gasteiger partial charge in [-0.2, -0.15) is 0 Å². The summed E-state index contributed by atoms with van der Waals surface area (Å²) in [5.74, 6) is 0.394. The summed E-state index contributed by atoms with van der Waals surface area (Å²) in [6.07, 6.45) is 3.57. The average molecular weight is 504 g/mol. The zero-order chi connectivity index (χ0) is 24.2. The number of anilines is 1. The number of piperazine rings is 1. The van der Waals surface area contributed by atoms with Gasteiger partial charge in [0, 0.05) is 38.0 Å². The van der Waals surface area contributed by atoms with E-state index >= 15 is 0 Å². The Morgan fingerprint density at radius 3 is 2.59 bits per heavy atom. The Morgan fingerprint density at radius 1 is 1.21 bits per heavy atom. The molecule has 0 aliphatic carbocycles. The summed E-state index contributed by atoms with van der Waals surface area (Å²) < 4.78 is 6.43. The molecule has 0 spiro atoms. The van der Waals surface area contributed by atoms with Crippen LogP contribution in [0.1, 0.15) is 35.7 Å². The summed E-state index contributed by atoms with van der Waals surface area (Å²) in [6.45, 7) is 6.43. The number of hydrogen-bond donors (Lipinski definition) is 2. The average Bonchev–Trinajstić information content (AvgIpc) is 3.52. The molecule has 2 aliphatic rings. The number of nitrogens with zero attached hydrogens (tertiary/aromatic N) is 3. The molecule has 34 heavy (non-hydrogen) atoms. The third kappa shape index (κ3) is 5.53. The van der Waals surface area contributed by atoms with Crippen molar-refractivity contribution in [3.8, 4) is 5.75 Å². The molecule has 9 nitrogen and oxygen atoms in total. The number of aryl methyl sites for hydroxylation is 1. The molecule has 11 heteroatoms. The highest BCUT2D eigenvalue weighted by Gasteiger charge is 2.26. The van der Waals surface area contributed by atoms with Gasteiger partial charge in [0.05, 0.1) is 29.1 Å². The Labute approximate surface area is 207 Å². The molecule has 0 saturated carbocycles. The number of carbonyl (C=O) groups is 3. The van der Waals surface area contributed by atoms with Crippen molar-refractivity contribution >= 4 is 46.0 Å². The van der Waals surface area contributed by atoms with Crippen LogP contribution in [0.4, 0.5) is 5.13 Å². The molecule has 0 radical (unpaired) electrons. The molecule has 2 fully saturated rings. The zero-order valence-electron chi connectivity index (χ0n) is 19.6. The number of rotatable bonds is 6. The third-order valence-corrected chi connectivity index (χ3v) is 8.22. The molecule has 2 saturated heterocycles. The number of ether oxygens (including phenoxy) is 1. The lowest BCUT2D eigenvalue weighted by atomic mass is 10.1. The van der Waals surface area contributed by atoms with E-state index in [2.05, 4.69) is 15.6 Å². The molecule has 4 rings (SSSR count). The smallest absolute Gasteiger partial charge is 0.257 e. The maximum Gasteiger partial charge on any atom is 0.257 e. The van der Waals surface area contributed by atoms with Crippen LogP contribution in [0.2, 0.25) is 0 Å². The van der Waals surface area contributed by atoms with Gasteiger partial charge >= 0.3 is 0 Å². The number of hydrogen-bond acceptors (Lipinski definition) is 8. The molecule has 2 aromatic rings. The number of benzene rings is 1. The summed E-state index contributed by atoms with van der Waals surface area (Å²) in [5, 5.41) is 6.64. The van der Waals surface area contributed by atoms with Gasteiger partial charge in [-0.1, -0.05) is 23.1 Å². The molecular formula is C23H29N5O4S2. The molecule has 182 valence electrons. The van der Waals surface area contributed by atoms with Gasteiger partial charge < -0.3 is 25.2 Å². The SMILES string of the molecule is COc1cc(C)c(Sc2cnc(NC(=O)C3CCCN3)s2)cc1C(=O)N1CCN(C(C)=O)CC1. The van der Waals surface area contributed by atoms with Crippen LogP contribution >= 0.6 is 23.1 Å². The Kier molecular flexibility index (Phi) is 7.74. The van der Waals surface area contributed by atoms with Gasteiger partial charge in [-0.25, -0.2) is 4.98 Å². The number of carbonyl (C=O) groups excluding carboxylic acids is 3. The van der Waals surface area contributed by atoms with Crippen molar-refractivity contribution in [2.45, 2.75) is 41.8 Å². The quantitative estimate of drug-likeness (QED) is 0.625. The predicted octanol–water partition coefficient (Wildman–Crippen LogP) is 2.61. The van der Waals surface area contributed by atoms with Crippen LogP contribution in [0.15, 0.2) is 27.4 Å². The van der Waals surface area contributed by atoms with E-state index < -0.39 is 0 Å². The molecule has 1 atom stereocenters. The molecule has 1 aromatic carbocycles. The number of aromatic nitrogens is 1. The van der Waals surface area contributed by atoms with Gasteiger partial charge in [0.2, 0.25) is 11.8 Å². The maximum atomic E-state index is 13.3. The summed E-state index contributed by atoms with van der Waals surface area (Å²) in [6, 6.07) is 3.57. The van der Waals surface area contributed by atoms with E-state index in [1.54, 1.807) is 30.0 Å².